The lowest BCUT2D eigenvalue weighted by atomic mass is 10.0. The van der Waals surface area contributed by atoms with Crippen molar-refractivity contribution in [2.45, 2.75) is 4.90 Å². The van der Waals surface area contributed by atoms with Crippen molar-refractivity contribution in [3.8, 4) is 17.0 Å². The van der Waals surface area contributed by atoms with E-state index in [4.69, 9.17) is 16.3 Å². The summed E-state index contributed by atoms with van der Waals surface area (Å²) in [6.07, 6.45) is 2.05. The number of anilines is 1. The Balaban J connectivity index is 1.52. The molecule has 7 heteroatoms. The minimum atomic E-state index is -0.201. The van der Waals surface area contributed by atoms with Crippen molar-refractivity contribution in [2.24, 2.45) is 0 Å². The van der Waals surface area contributed by atoms with E-state index in [0.717, 1.165) is 11.1 Å². The summed E-state index contributed by atoms with van der Waals surface area (Å²) >= 11 is 7.72. The monoisotopic (exact) mass is 435 g/mol. The molecule has 0 radical (unpaired) electrons. The maximum Gasteiger partial charge on any atom is 0.255 e. The highest BCUT2D eigenvalue weighted by Crippen LogP contribution is 2.26. The summed E-state index contributed by atoms with van der Waals surface area (Å²) in [6.45, 7) is 0. The first-order valence-electron chi connectivity index (χ1n) is 9.14. The second-order valence-electron chi connectivity index (χ2n) is 6.49. The van der Waals surface area contributed by atoms with E-state index in [2.05, 4.69) is 45.8 Å². The highest BCUT2D eigenvalue weighted by molar-refractivity contribution is 7.98. The Morgan fingerprint density at radius 1 is 0.933 bits per heavy atom. The number of hydrogen-bond donors (Lipinski definition) is 1. The third-order valence-corrected chi connectivity index (χ3v) is 5.60. The number of amides is 1. The third kappa shape index (κ3) is 4.25. The molecule has 0 saturated heterocycles. The zero-order chi connectivity index (χ0) is 21.1. The molecule has 0 aliphatic rings. The maximum atomic E-state index is 12.7. The molecule has 0 fully saturated rings. The summed E-state index contributed by atoms with van der Waals surface area (Å²) in [7, 11) is 1.48. The van der Waals surface area contributed by atoms with Gasteiger partial charge in [-0.15, -0.1) is 11.8 Å². The molecule has 4 rings (SSSR count). The topological polar surface area (TPSA) is 64.1 Å². The summed E-state index contributed by atoms with van der Waals surface area (Å²) in [5, 5.41) is 3.09. The van der Waals surface area contributed by atoms with Crippen molar-refractivity contribution in [2.75, 3.05) is 18.7 Å². The second kappa shape index (κ2) is 8.73. The number of fused-ring (bicyclic) bond motifs is 1. The van der Waals surface area contributed by atoms with E-state index >= 15 is 0 Å². The Morgan fingerprint density at radius 2 is 1.60 bits per heavy atom. The van der Waals surface area contributed by atoms with E-state index in [1.54, 1.807) is 30.0 Å². The molecule has 1 aromatic heterocycles. The smallest absolute Gasteiger partial charge is 0.255 e. The number of halogens is 1. The average Bonchev–Trinajstić information content (AvgIpc) is 2.79. The van der Waals surface area contributed by atoms with Gasteiger partial charge in [-0.05, 0) is 59.8 Å². The normalized spacial score (nSPS) is 10.8. The van der Waals surface area contributed by atoms with Crippen LogP contribution in [-0.2, 0) is 0 Å². The Kier molecular flexibility index (Phi) is 5.88. The van der Waals surface area contributed by atoms with Crippen LogP contribution in [-0.4, -0.2) is 29.2 Å². The van der Waals surface area contributed by atoms with E-state index < -0.39 is 0 Å². The van der Waals surface area contributed by atoms with Gasteiger partial charge in [0.05, 0.1) is 18.1 Å². The molecular formula is C23H18ClN3O2S. The van der Waals surface area contributed by atoms with Crippen molar-refractivity contribution in [1.29, 1.82) is 0 Å². The van der Waals surface area contributed by atoms with Gasteiger partial charge < -0.3 is 10.1 Å². The van der Waals surface area contributed by atoms with Crippen LogP contribution in [0.1, 0.15) is 10.4 Å². The lowest BCUT2D eigenvalue weighted by molar-refractivity contribution is 0.102. The number of hydrogen-bond acceptors (Lipinski definition) is 5. The first-order valence-corrected chi connectivity index (χ1v) is 10.7. The van der Waals surface area contributed by atoms with Crippen LogP contribution in [0.25, 0.3) is 22.2 Å². The fourth-order valence-corrected chi connectivity index (χ4v) is 3.64. The fraction of sp³-hybridized carbons (Fsp3) is 0.0870. The number of methoxy groups -OCH3 is 1. The molecule has 3 aromatic carbocycles. The molecule has 0 unspecified atom stereocenters. The van der Waals surface area contributed by atoms with Crippen LogP contribution in [0, 0.1) is 0 Å². The van der Waals surface area contributed by atoms with Crippen LogP contribution in [0.3, 0.4) is 0 Å². The van der Waals surface area contributed by atoms with Crippen molar-refractivity contribution in [3.63, 3.8) is 0 Å². The molecule has 1 heterocycles. The molecule has 0 atom stereocenters. The average molecular weight is 436 g/mol. The number of rotatable bonds is 5. The van der Waals surface area contributed by atoms with Gasteiger partial charge in [-0.2, -0.15) is 0 Å². The molecule has 4 aromatic rings. The minimum Gasteiger partial charge on any atom is -0.479 e. The zero-order valence-corrected chi connectivity index (χ0v) is 17.9. The van der Waals surface area contributed by atoms with Crippen LogP contribution in [0.15, 0.2) is 71.6 Å². The van der Waals surface area contributed by atoms with E-state index in [0.29, 0.717) is 22.3 Å². The molecule has 150 valence electrons. The standard InChI is InChI=1S/C23H18ClN3O2S/c1-29-23-21(24)26-19-12-9-17(13-20(19)27-23)25-22(28)16-5-3-14(4-6-16)15-7-10-18(30-2)11-8-15/h3-13H,1-2H3,(H,25,28). The molecule has 0 aliphatic carbocycles. The Morgan fingerprint density at radius 3 is 2.23 bits per heavy atom. The van der Waals surface area contributed by atoms with Gasteiger partial charge in [-0.25, -0.2) is 9.97 Å². The van der Waals surface area contributed by atoms with Gasteiger partial charge in [0.15, 0.2) is 5.15 Å². The molecule has 0 saturated carbocycles. The summed E-state index contributed by atoms with van der Waals surface area (Å²) in [5.74, 6) is 0.0429. The number of benzene rings is 3. The minimum absolute atomic E-state index is 0.199. The Bertz CT molecular complexity index is 1210. The van der Waals surface area contributed by atoms with Crippen LogP contribution in [0.5, 0.6) is 5.88 Å². The molecule has 1 N–H and O–H groups in total. The fourth-order valence-electron chi connectivity index (χ4n) is 3.03. The number of nitrogens with zero attached hydrogens (tertiary/aromatic N) is 2. The Hall–Kier alpha value is -3.09. The van der Waals surface area contributed by atoms with Crippen LogP contribution >= 0.6 is 23.4 Å². The van der Waals surface area contributed by atoms with E-state index in [-0.39, 0.29) is 16.9 Å². The molecule has 1 amide bonds. The first kappa shape index (κ1) is 20.2. The highest BCUT2D eigenvalue weighted by Gasteiger charge is 2.10. The van der Waals surface area contributed by atoms with Gasteiger partial charge in [0.1, 0.15) is 0 Å². The molecule has 5 nitrogen and oxygen atoms in total. The number of thioether (sulfide) groups is 1. The van der Waals surface area contributed by atoms with Crippen molar-refractivity contribution in [3.05, 3.63) is 77.4 Å². The summed E-state index contributed by atoms with van der Waals surface area (Å²) in [6, 6.07) is 21.1. The van der Waals surface area contributed by atoms with E-state index in [1.807, 2.05) is 24.3 Å². The van der Waals surface area contributed by atoms with Gasteiger partial charge in [0.2, 0.25) is 0 Å². The molecule has 0 spiro atoms. The number of aromatic nitrogens is 2. The number of carbonyl (C=O) groups is 1. The SMILES string of the molecule is COc1nc2cc(NC(=O)c3ccc(-c4ccc(SC)cc4)cc3)ccc2nc1Cl. The first-order chi connectivity index (χ1) is 14.6. The lowest BCUT2D eigenvalue weighted by Gasteiger charge is -2.09. The number of ether oxygens (including phenoxy) is 1. The molecule has 0 bridgehead atoms. The van der Waals surface area contributed by atoms with Crippen LogP contribution < -0.4 is 10.1 Å². The predicted molar refractivity (Wildman–Crippen MR) is 123 cm³/mol. The van der Waals surface area contributed by atoms with Crippen molar-refractivity contribution >= 4 is 46.0 Å². The highest BCUT2D eigenvalue weighted by atomic mass is 35.5. The van der Waals surface area contributed by atoms with E-state index in [9.17, 15) is 4.79 Å². The van der Waals surface area contributed by atoms with Crippen molar-refractivity contribution in [1.82, 2.24) is 9.97 Å². The summed E-state index contributed by atoms with van der Waals surface area (Å²) in [4.78, 5) is 22.4. The number of nitrogens with one attached hydrogen (secondary N) is 1. The van der Waals surface area contributed by atoms with Gasteiger partial charge in [0.25, 0.3) is 11.8 Å². The van der Waals surface area contributed by atoms with Crippen LogP contribution in [0.4, 0.5) is 5.69 Å². The predicted octanol–water partition coefficient (Wildman–Crippen LogP) is 5.93. The zero-order valence-electron chi connectivity index (χ0n) is 16.3. The third-order valence-electron chi connectivity index (χ3n) is 4.61. The lowest BCUT2D eigenvalue weighted by Crippen LogP contribution is -2.11. The molecule has 30 heavy (non-hydrogen) atoms. The van der Waals surface area contributed by atoms with E-state index in [1.165, 1.54) is 12.0 Å². The Labute approximate surface area is 183 Å². The van der Waals surface area contributed by atoms with Gasteiger partial charge in [-0.1, -0.05) is 35.9 Å². The summed E-state index contributed by atoms with van der Waals surface area (Å²) in [5.41, 5.74) is 4.56. The van der Waals surface area contributed by atoms with Crippen LogP contribution in [0.2, 0.25) is 5.15 Å². The second-order valence-corrected chi connectivity index (χ2v) is 7.72. The maximum absolute atomic E-state index is 12.7. The van der Waals surface area contributed by atoms with Gasteiger partial charge in [-0.3, -0.25) is 4.79 Å². The largest absolute Gasteiger partial charge is 0.479 e. The quantitative estimate of drug-likeness (QED) is 0.393. The number of carbonyl (C=O) groups excluding carboxylic acids is 1. The summed E-state index contributed by atoms with van der Waals surface area (Å²) < 4.78 is 5.11. The van der Waals surface area contributed by atoms with Gasteiger partial charge >= 0.3 is 0 Å². The molecule has 0 aliphatic heterocycles. The van der Waals surface area contributed by atoms with Gasteiger partial charge in [0, 0.05) is 16.1 Å². The van der Waals surface area contributed by atoms with Crippen molar-refractivity contribution < 1.29 is 9.53 Å². The molecular weight excluding hydrogens is 418 g/mol.